The number of benzene rings is 4. The molecule has 4 aromatic carbocycles. The van der Waals surface area contributed by atoms with E-state index in [4.69, 9.17) is 9.47 Å². The number of hydrogen-bond acceptors (Lipinski definition) is 3. The summed E-state index contributed by atoms with van der Waals surface area (Å²) < 4.78 is 13.0. The van der Waals surface area contributed by atoms with Gasteiger partial charge in [0.1, 0.15) is 11.4 Å². The number of unbranched alkanes of at least 4 members (excludes halogenated alkanes) is 1. The average Bonchev–Trinajstić information content (AvgIpc) is 3.33. The Kier molecular flexibility index (Phi) is 9.66. The van der Waals surface area contributed by atoms with Crippen LogP contribution in [0.4, 0.5) is 0 Å². The molecule has 2 atom stereocenters. The molecular formula is C37H39NO3. The lowest BCUT2D eigenvalue weighted by molar-refractivity contribution is -0.133. The van der Waals surface area contributed by atoms with Gasteiger partial charge >= 0.3 is 0 Å². The molecule has 0 bridgehead atoms. The summed E-state index contributed by atoms with van der Waals surface area (Å²) in [5.41, 5.74) is 2.38. The summed E-state index contributed by atoms with van der Waals surface area (Å²) in [6.45, 7) is 5.65. The van der Waals surface area contributed by atoms with Crippen molar-refractivity contribution >= 4 is 5.91 Å². The number of likely N-dealkylation sites (tertiary alicyclic amines) is 1. The van der Waals surface area contributed by atoms with Gasteiger partial charge in [-0.25, -0.2) is 0 Å². The lowest BCUT2D eigenvalue weighted by Crippen LogP contribution is -2.41. The third-order valence-corrected chi connectivity index (χ3v) is 7.92. The van der Waals surface area contributed by atoms with Gasteiger partial charge in [-0.05, 0) is 54.5 Å². The van der Waals surface area contributed by atoms with Crippen LogP contribution in [0.25, 0.3) is 0 Å². The Hall–Kier alpha value is -4.15. The second kappa shape index (κ2) is 14.0. The summed E-state index contributed by atoms with van der Waals surface area (Å²) in [6, 6.07) is 41.1. The molecule has 1 saturated heterocycles. The van der Waals surface area contributed by atoms with Gasteiger partial charge in [0.25, 0.3) is 0 Å². The number of rotatable bonds is 14. The average molecular weight is 546 g/mol. The van der Waals surface area contributed by atoms with Gasteiger partial charge < -0.3 is 14.4 Å². The summed E-state index contributed by atoms with van der Waals surface area (Å²) in [6.07, 6.45) is 5.06. The van der Waals surface area contributed by atoms with E-state index in [2.05, 4.69) is 79.4 Å². The molecule has 0 aromatic heterocycles. The van der Waals surface area contributed by atoms with E-state index in [1.807, 2.05) is 59.5 Å². The van der Waals surface area contributed by atoms with Crippen LogP contribution in [0, 0.1) is 5.92 Å². The number of carbonyl (C=O) groups excluding carboxylic acids is 1. The highest BCUT2D eigenvalue weighted by molar-refractivity contribution is 5.81. The third-order valence-electron chi connectivity index (χ3n) is 7.92. The number of para-hydroxylation sites is 1. The largest absolute Gasteiger partial charge is 0.494 e. The summed E-state index contributed by atoms with van der Waals surface area (Å²) in [5.74, 6) is 1.02. The molecule has 4 nitrogen and oxygen atoms in total. The zero-order valence-corrected chi connectivity index (χ0v) is 23.6. The van der Waals surface area contributed by atoms with Crippen LogP contribution in [0.5, 0.6) is 5.75 Å². The van der Waals surface area contributed by atoms with Gasteiger partial charge in [0.05, 0.1) is 19.3 Å². The van der Waals surface area contributed by atoms with Crippen molar-refractivity contribution in [3.8, 4) is 5.75 Å². The molecule has 1 heterocycles. The molecule has 0 aliphatic carbocycles. The summed E-state index contributed by atoms with van der Waals surface area (Å²) in [5, 5.41) is 0. The zero-order chi connectivity index (χ0) is 28.3. The van der Waals surface area contributed by atoms with Crippen molar-refractivity contribution in [2.75, 3.05) is 19.8 Å². The topological polar surface area (TPSA) is 38.8 Å². The first-order valence-electron chi connectivity index (χ1n) is 14.6. The van der Waals surface area contributed by atoms with Crippen LogP contribution >= 0.6 is 0 Å². The van der Waals surface area contributed by atoms with Gasteiger partial charge in [0.2, 0.25) is 5.91 Å². The molecule has 0 saturated carbocycles. The van der Waals surface area contributed by atoms with Crippen LogP contribution in [-0.2, 0) is 15.1 Å². The molecule has 1 aliphatic heterocycles. The van der Waals surface area contributed by atoms with E-state index in [-0.39, 0.29) is 17.9 Å². The van der Waals surface area contributed by atoms with Gasteiger partial charge in [-0.1, -0.05) is 115 Å². The first-order chi connectivity index (χ1) is 20.2. The van der Waals surface area contributed by atoms with Gasteiger partial charge in [-0.15, -0.1) is 6.58 Å². The summed E-state index contributed by atoms with van der Waals surface area (Å²) >= 11 is 0. The molecule has 4 heteroatoms. The van der Waals surface area contributed by atoms with Gasteiger partial charge in [-0.3, -0.25) is 4.79 Å². The monoisotopic (exact) mass is 545 g/mol. The van der Waals surface area contributed by atoms with Crippen LogP contribution in [-0.4, -0.2) is 36.6 Å². The Morgan fingerprint density at radius 3 is 1.78 bits per heavy atom. The molecular weight excluding hydrogens is 506 g/mol. The fraction of sp³-hybridized carbons (Fsp3) is 0.270. The van der Waals surface area contributed by atoms with Crippen LogP contribution in [0.1, 0.15) is 42.4 Å². The first-order valence-corrected chi connectivity index (χ1v) is 14.6. The standard InChI is InChI=1S/C37H39NO3/c1-2-17-30-28-34(38(36(30)39)26-15-16-27-40-35-24-13-6-14-25-35)29-41-37(31-18-7-3-8-19-31,32-20-9-4-10-21-32)33-22-11-5-12-23-33/h2-14,18-25,30,34H,1,15-17,26-29H2/t30-,34+/m1/s1. The zero-order valence-electron chi connectivity index (χ0n) is 23.6. The number of allylic oxidation sites excluding steroid dienone is 1. The molecule has 41 heavy (non-hydrogen) atoms. The molecule has 0 spiro atoms. The minimum absolute atomic E-state index is 0.0157. The van der Waals surface area contributed by atoms with Crippen LogP contribution in [0.15, 0.2) is 134 Å². The maximum atomic E-state index is 13.5. The third kappa shape index (κ3) is 6.61. The van der Waals surface area contributed by atoms with Crippen molar-refractivity contribution in [1.82, 2.24) is 4.90 Å². The SMILES string of the molecule is C=CC[C@@H]1C[C@@H](COC(c2ccccc2)(c2ccccc2)c2ccccc2)N(CCCCOc2ccccc2)C1=O. The Labute approximate surface area is 244 Å². The van der Waals surface area contributed by atoms with E-state index in [1.54, 1.807) is 0 Å². The maximum Gasteiger partial charge on any atom is 0.226 e. The normalized spacial score (nSPS) is 17.0. The Bertz CT molecular complexity index is 1260. The van der Waals surface area contributed by atoms with Gasteiger partial charge in [0.15, 0.2) is 0 Å². The maximum absolute atomic E-state index is 13.5. The van der Waals surface area contributed by atoms with E-state index in [0.29, 0.717) is 26.2 Å². The van der Waals surface area contributed by atoms with Gasteiger partial charge in [0, 0.05) is 12.5 Å². The Morgan fingerprint density at radius 1 is 0.756 bits per heavy atom. The first kappa shape index (κ1) is 28.4. The van der Waals surface area contributed by atoms with Crippen molar-refractivity contribution in [3.63, 3.8) is 0 Å². The molecule has 5 rings (SSSR count). The highest BCUT2D eigenvalue weighted by Gasteiger charge is 2.42. The second-order valence-electron chi connectivity index (χ2n) is 10.6. The highest BCUT2D eigenvalue weighted by atomic mass is 16.5. The predicted molar refractivity (Wildman–Crippen MR) is 165 cm³/mol. The predicted octanol–water partition coefficient (Wildman–Crippen LogP) is 7.65. The molecule has 0 unspecified atom stereocenters. The van der Waals surface area contributed by atoms with Crippen LogP contribution < -0.4 is 4.74 Å². The van der Waals surface area contributed by atoms with Gasteiger partial charge in [-0.2, -0.15) is 0 Å². The molecule has 0 N–H and O–H groups in total. The lowest BCUT2D eigenvalue weighted by Gasteiger charge is -2.38. The fourth-order valence-electron chi connectivity index (χ4n) is 5.90. The fourth-order valence-corrected chi connectivity index (χ4v) is 5.90. The smallest absolute Gasteiger partial charge is 0.226 e. The van der Waals surface area contributed by atoms with Crippen molar-refractivity contribution in [1.29, 1.82) is 0 Å². The van der Waals surface area contributed by atoms with Crippen molar-refractivity contribution in [2.45, 2.75) is 37.3 Å². The van der Waals surface area contributed by atoms with E-state index in [0.717, 1.165) is 41.7 Å². The molecule has 0 radical (unpaired) electrons. The summed E-state index contributed by atoms with van der Waals surface area (Å²) in [7, 11) is 0. The van der Waals surface area contributed by atoms with E-state index >= 15 is 0 Å². The number of nitrogens with zero attached hydrogens (tertiary/aromatic N) is 1. The van der Waals surface area contributed by atoms with Crippen molar-refractivity contribution < 1.29 is 14.3 Å². The van der Waals surface area contributed by atoms with E-state index in [9.17, 15) is 4.79 Å². The number of amides is 1. The summed E-state index contributed by atoms with van der Waals surface area (Å²) in [4.78, 5) is 15.6. The Morgan fingerprint density at radius 2 is 1.27 bits per heavy atom. The van der Waals surface area contributed by atoms with Crippen molar-refractivity contribution in [3.05, 3.63) is 151 Å². The number of hydrogen-bond donors (Lipinski definition) is 0. The number of carbonyl (C=O) groups is 1. The molecule has 1 amide bonds. The van der Waals surface area contributed by atoms with Crippen LogP contribution in [0.2, 0.25) is 0 Å². The van der Waals surface area contributed by atoms with Crippen LogP contribution in [0.3, 0.4) is 0 Å². The molecule has 4 aromatic rings. The molecule has 1 aliphatic rings. The van der Waals surface area contributed by atoms with E-state index in [1.165, 1.54) is 0 Å². The lowest BCUT2D eigenvalue weighted by atomic mass is 9.80. The Balaban J connectivity index is 1.37. The number of ether oxygens (including phenoxy) is 2. The molecule has 210 valence electrons. The minimum Gasteiger partial charge on any atom is -0.494 e. The highest BCUT2D eigenvalue weighted by Crippen LogP contribution is 2.41. The quantitative estimate of drug-likeness (QED) is 0.0928. The van der Waals surface area contributed by atoms with E-state index < -0.39 is 5.60 Å². The van der Waals surface area contributed by atoms with Crippen molar-refractivity contribution in [2.24, 2.45) is 5.92 Å². The minimum atomic E-state index is -0.807. The molecule has 1 fully saturated rings. The second-order valence-corrected chi connectivity index (χ2v) is 10.6.